The van der Waals surface area contributed by atoms with Crippen LogP contribution in [0.1, 0.15) is 17.0 Å². The van der Waals surface area contributed by atoms with E-state index in [1.54, 1.807) is 6.07 Å². The van der Waals surface area contributed by atoms with Gasteiger partial charge in [-0.15, -0.1) is 11.6 Å². The molecule has 94 valence electrons. The topological polar surface area (TPSA) is 0 Å². The molecule has 0 saturated carbocycles. The van der Waals surface area contributed by atoms with Crippen LogP contribution in [0.4, 0.5) is 0 Å². The van der Waals surface area contributed by atoms with Crippen molar-refractivity contribution in [3.05, 3.63) is 68.7 Å². The Labute approximate surface area is 126 Å². The van der Waals surface area contributed by atoms with Gasteiger partial charge in [0.05, 0.1) is 0 Å². The first-order valence-electron chi connectivity index (χ1n) is 5.38. The fraction of sp³-hybridized carbons (Fsp3) is 0.143. The van der Waals surface area contributed by atoms with Gasteiger partial charge in [-0.25, -0.2) is 0 Å². The summed E-state index contributed by atoms with van der Waals surface area (Å²) in [4.78, 5) is 0. The van der Waals surface area contributed by atoms with E-state index in [1.807, 2.05) is 36.4 Å². The second kappa shape index (κ2) is 6.16. The first-order chi connectivity index (χ1) is 8.61. The second-order valence-corrected chi connectivity index (χ2v) is 5.51. The number of hydrogen-bond donors (Lipinski definition) is 0. The van der Waals surface area contributed by atoms with E-state index in [0.29, 0.717) is 20.9 Å². The van der Waals surface area contributed by atoms with Crippen molar-refractivity contribution in [2.75, 3.05) is 5.88 Å². The quantitative estimate of drug-likeness (QED) is 0.607. The van der Waals surface area contributed by atoms with Crippen molar-refractivity contribution in [3.8, 4) is 0 Å². The van der Waals surface area contributed by atoms with Crippen LogP contribution in [0.3, 0.4) is 0 Å². The summed E-state index contributed by atoms with van der Waals surface area (Å²) < 4.78 is 0. The van der Waals surface area contributed by atoms with E-state index in [0.717, 1.165) is 11.1 Å². The first-order valence-corrected chi connectivity index (χ1v) is 7.05. The highest BCUT2D eigenvalue weighted by Crippen LogP contribution is 2.33. The van der Waals surface area contributed by atoms with Gasteiger partial charge >= 0.3 is 0 Å². The van der Waals surface area contributed by atoms with Crippen LogP contribution in [-0.2, 0) is 0 Å². The van der Waals surface area contributed by atoms with E-state index in [9.17, 15) is 0 Å². The van der Waals surface area contributed by atoms with Crippen molar-refractivity contribution >= 4 is 46.4 Å². The van der Waals surface area contributed by atoms with Gasteiger partial charge in [0.2, 0.25) is 0 Å². The first kappa shape index (κ1) is 14.0. The normalized spacial score (nSPS) is 12.4. The van der Waals surface area contributed by atoms with Gasteiger partial charge in [0.25, 0.3) is 0 Å². The lowest BCUT2D eigenvalue weighted by molar-refractivity contribution is 0.931. The monoisotopic (exact) mass is 318 g/mol. The molecule has 0 fully saturated rings. The summed E-state index contributed by atoms with van der Waals surface area (Å²) in [6.45, 7) is 0. The molecule has 2 aromatic carbocycles. The van der Waals surface area contributed by atoms with Crippen molar-refractivity contribution < 1.29 is 0 Å². The van der Waals surface area contributed by atoms with Gasteiger partial charge in [-0.3, -0.25) is 0 Å². The lowest BCUT2D eigenvalue weighted by atomic mass is 9.93. The van der Waals surface area contributed by atoms with E-state index in [4.69, 9.17) is 46.4 Å². The van der Waals surface area contributed by atoms with Crippen LogP contribution in [0.15, 0.2) is 42.5 Å². The predicted molar refractivity (Wildman–Crippen MR) is 80.5 cm³/mol. The average molecular weight is 320 g/mol. The third-order valence-electron chi connectivity index (χ3n) is 2.76. The van der Waals surface area contributed by atoms with Gasteiger partial charge in [0.1, 0.15) is 0 Å². The minimum atomic E-state index is 0.0358. The second-order valence-electron chi connectivity index (χ2n) is 3.92. The number of alkyl halides is 1. The molecule has 0 amide bonds. The maximum absolute atomic E-state index is 6.22. The maximum atomic E-state index is 6.22. The molecule has 1 atom stereocenters. The molecule has 0 saturated heterocycles. The average Bonchev–Trinajstić information content (AvgIpc) is 2.35. The highest BCUT2D eigenvalue weighted by atomic mass is 35.5. The minimum absolute atomic E-state index is 0.0358. The van der Waals surface area contributed by atoms with Crippen LogP contribution >= 0.6 is 46.4 Å². The standard InChI is InChI=1S/C14H10Cl4/c15-8-13(9-1-3-10(16)4-2-9)12-6-5-11(17)7-14(12)18/h1-7,13H,8H2. The molecule has 2 rings (SSSR count). The molecule has 4 heteroatoms. The van der Waals surface area contributed by atoms with E-state index in [2.05, 4.69) is 0 Å². The number of rotatable bonds is 3. The van der Waals surface area contributed by atoms with E-state index < -0.39 is 0 Å². The molecule has 0 heterocycles. The maximum Gasteiger partial charge on any atom is 0.0459 e. The molecule has 0 radical (unpaired) electrons. The molecular weight excluding hydrogens is 310 g/mol. The number of benzene rings is 2. The Morgan fingerprint density at radius 2 is 1.44 bits per heavy atom. The molecule has 0 bridgehead atoms. The zero-order valence-corrected chi connectivity index (χ0v) is 12.4. The van der Waals surface area contributed by atoms with Crippen LogP contribution in [0.5, 0.6) is 0 Å². The van der Waals surface area contributed by atoms with Crippen molar-refractivity contribution in [2.24, 2.45) is 0 Å². The summed E-state index contributed by atoms with van der Waals surface area (Å²) in [6.07, 6.45) is 0. The summed E-state index contributed by atoms with van der Waals surface area (Å²) in [5.74, 6) is 0.483. The minimum Gasteiger partial charge on any atom is -0.126 e. The molecule has 0 N–H and O–H groups in total. The molecule has 0 aliphatic rings. The Morgan fingerprint density at radius 1 is 0.833 bits per heavy atom. The van der Waals surface area contributed by atoms with Gasteiger partial charge in [-0.2, -0.15) is 0 Å². The lowest BCUT2D eigenvalue weighted by Crippen LogP contribution is -2.03. The molecule has 1 unspecified atom stereocenters. The predicted octanol–water partition coefficient (Wildman–Crippen LogP) is 6.02. The van der Waals surface area contributed by atoms with Crippen LogP contribution in [0.25, 0.3) is 0 Å². The summed E-state index contributed by atoms with van der Waals surface area (Å²) in [6, 6.07) is 13.1. The summed E-state index contributed by atoms with van der Waals surface area (Å²) in [5, 5.41) is 1.95. The van der Waals surface area contributed by atoms with E-state index >= 15 is 0 Å². The van der Waals surface area contributed by atoms with E-state index in [1.165, 1.54) is 0 Å². The number of hydrogen-bond acceptors (Lipinski definition) is 0. The van der Waals surface area contributed by atoms with Gasteiger partial charge in [0.15, 0.2) is 0 Å². The molecule has 0 spiro atoms. The molecule has 2 aromatic rings. The van der Waals surface area contributed by atoms with Crippen LogP contribution in [-0.4, -0.2) is 5.88 Å². The zero-order chi connectivity index (χ0) is 13.1. The van der Waals surface area contributed by atoms with Gasteiger partial charge in [0, 0.05) is 26.9 Å². The summed E-state index contributed by atoms with van der Waals surface area (Å²) in [7, 11) is 0. The molecule has 0 aliphatic carbocycles. The van der Waals surface area contributed by atoms with Crippen molar-refractivity contribution in [2.45, 2.75) is 5.92 Å². The molecular formula is C14H10Cl4. The number of halogens is 4. The fourth-order valence-corrected chi connectivity index (χ4v) is 2.84. The third-order valence-corrected chi connectivity index (χ3v) is 3.89. The van der Waals surface area contributed by atoms with Crippen molar-refractivity contribution in [1.29, 1.82) is 0 Å². The Morgan fingerprint density at radius 3 is 2.00 bits per heavy atom. The molecule has 18 heavy (non-hydrogen) atoms. The van der Waals surface area contributed by atoms with Gasteiger partial charge in [-0.05, 0) is 35.4 Å². The van der Waals surface area contributed by atoms with Crippen molar-refractivity contribution in [1.82, 2.24) is 0 Å². The summed E-state index contributed by atoms with van der Waals surface area (Å²) >= 11 is 24.1. The van der Waals surface area contributed by atoms with E-state index in [-0.39, 0.29) is 5.92 Å². The smallest absolute Gasteiger partial charge is 0.0459 e. The largest absolute Gasteiger partial charge is 0.126 e. The van der Waals surface area contributed by atoms with Crippen LogP contribution < -0.4 is 0 Å². The molecule has 0 nitrogen and oxygen atoms in total. The Bertz CT molecular complexity index is 534. The molecule has 0 aromatic heterocycles. The summed E-state index contributed by atoms with van der Waals surface area (Å²) in [5.41, 5.74) is 2.05. The van der Waals surface area contributed by atoms with Gasteiger partial charge < -0.3 is 0 Å². The highest BCUT2D eigenvalue weighted by Gasteiger charge is 2.16. The SMILES string of the molecule is ClCC(c1ccc(Cl)cc1)c1ccc(Cl)cc1Cl. The van der Waals surface area contributed by atoms with Crippen LogP contribution in [0, 0.1) is 0 Å². The highest BCUT2D eigenvalue weighted by molar-refractivity contribution is 6.35. The Balaban J connectivity index is 2.41. The van der Waals surface area contributed by atoms with Crippen LogP contribution in [0.2, 0.25) is 15.1 Å². The fourth-order valence-electron chi connectivity index (χ4n) is 1.83. The Hall–Kier alpha value is -0.400. The van der Waals surface area contributed by atoms with Gasteiger partial charge in [-0.1, -0.05) is 53.0 Å². The molecule has 0 aliphatic heterocycles. The Kier molecular flexibility index (Phi) is 4.80. The van der Waals surface area contributed by atoms with Crippen molar-refractivity contribution in [3.63, 3.8) is 0 Å². The zero-order valence-electron chi connectivity index (χ0n) is 9.34. The lowest BCUT2D eigenvalue weighted by Gasteiger charge is -2.16. The third kappa shape index (κ3) is 3.13.